The molecule has 34 heavy (non-hydrogen) atoms. The van der Waals surface area contributed by atoms with E-state index in [0.717, 1.165) is 16.7 Å². The highest BCUT2D eigenvalue weighted by Crippen LogP contribution is 2.36. The van der Waals surface area contributed by atoms with Crippen LogP contribution >= 0.6 is 23.4 Å². The summed E-state index contributed by atoms with van der Waals surface area (Å²) in [5.41, 5.74) is 0.273. The Bertz CT molecular complexity index is 1300. The Balaban J connectivity index is 1.48. The van der Waals surface area contributed by atoms with E-state index in [4.69, 9.17) is 25.5 Å². The van der Waals surface area contributed by atoms with Crippen molar-refractivity contribution >= 4 is 46.3 Å². The number of methoxy groups -OCH3 is 1. The molecule has 1 fully saturated rings. The van der Waals surface area contributed by atoms with Crippen molar-refractivity contribution in [1.29, 1.82) is 0 Å². The number of para-hydroxylation sites is 1. The second kappa shape index (κ2) is 10.0. The van der Waals surface area contributed by atoms with Gasteiger partial charge in [0.1, 0.15) is 29.6 Å². The average Bonchev–Trinajstić information content (AvgIpc) is 3.39. The van der Waals surface area contributed by atoms with Gasteiger partial charge in [0, 0.05) is 18.2 Å². The van der Waals surface area contributed by atoms with Crippen LogP contribution in [0, 0.1) is 10.1 Å². The maximum atomic E-state index is 12.7. The third-order valence-corrected chi connectivity index (χ3v) is 6.06. The highest BCUT2D eigenvalue weighted by atomic mass is 35.5. The molecule has 0 radical (unpaired) electrons. The predicted molar refractivity (Wildman–Crippen MR) is 127 cm³/mol. The van der Waals surface area contributed by atoms with Crippen molar-refractivity contribution in [3.8, 4) is 22.8 Å². The lowest BCUT2D eigenvalue weighted by Gasteiger charge is -2.13. The first kappa shape index (κ1) is 23.4. The molecule has 174 valence electrons. The molecule has 2 amide bonds. The highest BCUT2D eigenvalue weighted by Gasteiger charge is 2.35. The second-order valence-electron chi connectivity index (χ2n) is 6.96. The number of hydrogen-bond acceptors (Lipinski definition) is 8. The largest absolute Gasteiger partial charge is 0.496 e. The van der Waals surface area contributed by atoms with Gasteiger partial charge in [-0.2, -0.15) is 0 Å². The number of nitrogens with zero attached hydrogens (tertiary/aromatic N) is 2. The fourth-order valence-electron chi connectivity index (χ4n) is 3.21. The van der Waals surface area contributed by atoms with E-state index in [1.165, 1.54) is 31.4 Å². The third-order valence-electron chi connectivity index (χ3n) is 4.84. The predicted octanol–water partition coefficient (Wildman–Crippen LogP) is 5.63. The molecular formula is C23H17ClN2O7S. The summed E-state index contributed by atoms with van der Waals surface area (Å²) in [4.78, 5) is 36.9. The molecule has 9 nitrogen and oxygen atoms in total. The van der Waals surface area contributed by atoms with Gasteiger partial charge in [-0.05, 0) is 42.1 Å². The van der Waals surface area contributed by atoms with Crippen LogP contribution in [0.15, 0.2) is 63.9 Å². The summed E-state index contributed by atoms with van der Waals surface area (Å²) in [7, 11) is 1.44. The maximum absolute atomic E-state index is 12.7. The fraction of sp³-hybridized carbons (Fsp3) is 0.130. The normalized spacial score (nSPS) is 14.6. The molecule has 11 heteroatoms. The molecule has 2 aromatic carbocycles. The van der Waals surface area contributed by atoms with Crippen LogP contribution in [0.5, 0.6) is 11.5 Å². The zero-order chi connectivity index (χ0) is 24.2. The lowest BCUT2D eigenvalue weighted by atomic mass is 10.1. The van der Waals surface area contributed by atoms with Crippen LogP contribution in [0.1, 0.15) is 5.76 Å². The van der Waals surface area contributed by atoms with Gasteiger partial charge in [-0.1, -0.05) is 23.7 Å². The number of thioether (sulfide) groups is 1. The van der Waals surface area contributed by atoms with E-state index in [0.29, 0.717) is 33.6 Å². The van der Waals surface area contributed by atoms with Crippen molar-refractivity contribution in [2.45, 2.75) is 0 Å². The van der Waals surface area contributed by atoms with Crippen LogP contribution < -0.4 is 9.47 Å². The van der Waals surface area contributed by atoms with Crippen LogP contribution in [-0.4, -0.2) is 41.2 Å². The molecule has 1 aromatic heterocycles. The Hall–Kier alpha value is -3.76. The number of nitro benzene ring substituents is 1. The number of amides is 2. The number of nitro groups is 1. The number of halogens is 1. The van der Waals surface area contributed by atoms with E-state index in [1.54, 1.807) is 36.4 Å². The number of non-ortho nitro benzene ring substituents is 1. The average molecular weight is 501 g/mol. The molecule has 0 aliphatic carbocycles. The summed E-state index contributed by atoms with van der Waals surface area (Å²) in [6.45, 7) is 0.147. The SMILES string of the molecule is COc1ccc([N+](=O)[O-])cc1-c1ccc(/C=C2\SC(=O)N(CCOc3ccccc3Cl)C2=O)o1. The van der Waals surface area contributed by atoms with E-state index in [9.17, 15) is 19.7 Å². The molecule has 0 atom stereocenters. The minimum atomic E-state index is -0.516. The van der Waals surface area contributed by atoms with Gasteiger partial charge in [0.15, 0.2) is 0 Å². The molecule has 1 saturated heterocycles. The van der Waals surface area contributed by atoms with Crippen molar-refractivity contribution in [2.24, 2.45) is 0 Å². The molecule has 1 aliphatic heterocycles. The Morgan fingerprint density at radius 2 is 1.94 bits per heavy atom. The van der Waals surface area contributed by atoms with Gasteiger partial charge >= 0.3 is 0 Å². The van der Waals surface area contributed by atoms with E-state index in [-0.39, 0.29) is 23.7 Å². The van der Waals surface area contributed by atoms with E-state index in [2.05, 4.69) is 0 Å². The van der Waals surface area contributed by atoms with Crippen LogP contribution in [0.25, 0.3) is 17.4 Å². The monoisotopic (exact) mass is 500 g/mol. The van der Waals surface area contributed by atoms with Gasteiger partial charge in [-0.25, -0.2) is 0 Å². The minimum Gasteiger partial charge on any atom is -0.496 e. The molecule has 4 rings (SSSR count). The first-order valence-electron chi connectivity index (χ1n) is 9.92. The number of hydrogen-bond donors (Lipinski definition) is 0. The Kier molecular flexibility index (Phi) is 6.90. The molecule has 0 N–H and O–H groups in total. The number of rotatable bonds is 8. The molecule has 0 spiro atoms. The number of imide groups is 1. The smallest absolute Gasteiger partial charge is 0.293 e. The van der Waals surface area contributed by atoms with Crippen LogP contribution in [0.4, 0.5) is 10.5 Å². The first-order valence-corrected chi connectivity index (χ1v) is 11.1. The standard InChI is InChI=1S/C23H17ClN2O7S/c1-31-18-8-6-14(26(29)30)12-16(18)19-9-7-15(33-19)13-21-22(27)25(23(28)34-21)10-11-32-20-5-3-2-4-17(20)24/h2-9,12-13H,10-11H2,1H3/b21-13-. The summed E-state index contributed by atoms with van der Waals surface area (Å²) < 4.78 is 16.6. The summed E-state index contributed by atoms with van der Waals surface area (Å²) >= 11 is 6.83. The lowest BCUT2D eigenvalue weighted by molar-refractivity contribution is -0.384. The number of benzene rings is 2. The first-order chi connectivity index (χ1) is 16.4. The van der Waals surface area contributed by atoms with Gasteiger partial charge in [-0.3, -0.25) is 24.6 Å². The van der Waals surface area contributed by atoms with E-state index >= 15 is 0 Å². The van der Waals surface area contributed by atoms with Crippen molar-refractivity contribution in [2.75, 3.05) is 20.3 Å². The van der Waals surface area contributed by atoms with Gasteiger partial charge in [0.2, 0.25) is 0 Å². The van der Waals surface area contributed by atoms with Crippen LogP contribution in [0.2, 0.25) is 5.02 Å². The molecule has 0 unspecified atom stereocenters. The molecule has 1 aliphatic rings. The molecule has 0 saturated carbocycles. The minimum absolute atomic E-state index is 0.0571. The quantitative estimate of drug-likeness (QED) is 0.222. The zero-order valence-electron chi connectivity index (χ0n) is 17.7. The molecule has 0 bridgehead atoms. The van der Waals surface area contributed by atoms with Gasteiger partial charge in [0.25, 0.3) is 16.8 Å². The highest BCUT2D eigenvalue weighted by molar-refractivity contribution is 8.18. The summed E-state index contributed by atoms with van der Waals surface area (Å²) in [6, 6.07) is 14.3. The molecule has 3 aromatic rings. The fourth-order valence-corrected chi connectivity index (χ4v) is 4.24. The molecular weight excluding hydrogens is 484 g/mol. The molecule has 2 heterocycles. The topological polar surface area (TPSA) is 112 Å². The Labute approximate surface area is 203 Å². The van der Waals surface area contributed by atoms with Crippen molar-refractivity contribution in [3.05, 3.63) is 80.4 Å². The number of furan rings is 1. The van der Waals surface area contributed by atoms with Gasteiger partial charge in [0.05, 0.1) is 34.1 Å². The van der Waals surface area contributed by atoms with Crippen LogP contribution in [-0.2, 0) is 4.79 Å². The zero-order valence-corrected chi connectivity index (χ0v) is 19.3. The second-order valence-corrected chi connectivity index (χ2v) is 8.36. The van der Waals surface area contributed by atoms with Crippen molar-refractivity contribution < 1.29 is 28.4 Å². The summed E-state index contributed by atoms with van der Waals surface area (Å²) in [6.07, 6.45) is 1.45. The van der Waals surface area contributed by atoms with Crippen molar-refractivity contribution in [3.63, 3.8) is 0 Å². The van der Waals surface area contributed by atoms with Crippen LogP contribution in [0.3, 0.4) is 0 Å². The van der Waals surface area contributed by atoms with E-state index in [1.807, 2.05) is 0 Å². The summed E-state index contributed by atoms with van der Waals surface area (Å²) in [5.74, 6) is 1.01. The lowest BCUT2D eigenvalue weighted by Crippen LogP contribution is -2.32. The maximum Gasteiger partial charge on any atom is 0.293 e. The van der Waals surface area contributed by atoms with E-state index < -0.39 is 16.1 Å². The summed E-state index contributed by atoms with van der Waals surface area (Å²) in [5, 5.41) is 11.1. The van der Waals surface area contributed by atoms with Crippen molar-refractivity contribution in [1.82, 2.24) is 4.90 Å². The van der Waals surface area contributed by atoms with Gasteiger partial charge < -0.3 is 13.9 Å². The third kappa shape index (κ3) is 4.92. The van der Waals surface area contributed by atoms with Gasteiger partial charge in [-0.15, -0.1) is 0 Å². The number of carbonyl (C=O) groups excluding carboxylic acids is 2. The number of carbonyl (C=O) groups is 2. The Morgan fingerprint density at radius 3 is 2.68 bits per heavy atom. The number of ether oxygens (including phenoxy) is 2. The Morgan fingerprint density at radius 1 is 1.15 bits per heavy atom.